The third kappa shape index (κ3) is 5.22. The Bertz CT molecular complexity index is 849. The second-order valence-corrected chi connectivity index (χ2v) is 6.89. The van der Waals surface area contributed by atoms with E-state index in [1.54, 1.807) is 48.8 Å². The number of anilines is 1. The number of alkyl halides is 1. The number of piperidine rings is 1. The zero-order chi connectivity index (χ0) is 20.7. The number of likely N-dealkylation sites (tertiary alicyclic amines) is 1. The number of amides is 3. The molecule has 2 aromatic rings. The minimum atomic E-state index is -2.13. The molecule has 0 saturated carbocycles. The van der Waals surface area contributed by atoms with E-state index in [2.05, 4.69) is 15.6 Å². The predicted octanol–water partition coefficient (Wildman–Crippen LogP) is 3.13. The SMILES string of the molecule is CCOc1ccccc1NC(=O)N1CCCC(F)(C(=O)NCc2cccnc2)C1. The van der Waals surface area contributed by atoms with Gasteiger partial charge in [-0.2, -0.15) is 0 Å². The van der Waals surface area contributed by atoms with E-state index < -0.39 is 17.6 Å². The van der Waals surface area contributed by atoms with Crippen LogP contribution in [-0.4, -0.2) is 47.2 Å². The molecule has 3 amide bonds. The number of hydrogen-bond donors (Lipinski definition) is 2. The summed E-state index contributed by atoms with van der Waals surface area (Å²) >= 11 is 0. The van der Waals surface area contributed by atoms with Crippen molar-refractivity contribution in [3.8, 4) is 5.75 Å². The molecule has 1 aromatic heterocycles. The third-order valence-corrected chi connectivity index (χ3v) is 4.74. The number of benzene rings is 1. The molecule has 1 atom stereocenters. The van der Waals surface area contributed by atoms with E-state index >= 15 is 4.39 Å². The highest BCUT2D eigenvalue weighted by Crippen LogP contribution is 2.28. The first-order valence-corrected chi connectivity index (χ1v) is 9.66. The Labute approximate surface area is 169 Å². The van der Waals surface area contributed by atoms with Crippen LogP contribution in [0.3, 0.4) is 0 Å². The molecule has 0 aliphatic carbocycles. The smallest absolute Gasteiger partial charge is 0.322 e. The summed E-state index contributed by atoms with van der Waals surface area (Å²) in [4.78, 5) is 30.4. The zero-order valence-electron chi connectivity index (χ0n) is 16.4. The number of rotatable bonds is 6. The lowest BCUT2D eigenvalue weighted by Crippen LogP contribution is -2.56. The van der Waals surface area contributed by atoms with E-state index in [0.29, 0.717) is 31.0 Å². The molecule has 0 spiro atoms. The maximum absolute atomic E-state index is 15.3. The Morgan fingerprint density at radius 1 is 1.28 bits per heavy atom. The van der Waals surface area contributed by atoms with Gasteiger partial charge in [0, 0.05) is 25.5 Å². The van der Waals surface area contributed by atoms with E-state index in [4.69, 9.17) is 4.74 Å². The third-order valence-electron chi connectivity index (χ3n) is 4.74. The summed E-state index contributed by atoms with van der Waals surface area (Å²) in [5, 5.41) is 5.37. The number of nitrogens with one attached hydrogen (secondary N) is 2. The fourth-order valence-corrected chi connectivity index (χ4v) is 3.26. The monoisotopic (exact) mass is 400 g/mol. The molecule has 2 N–H and O–H groups in total. The molecule has 2 heterocycles. The summed E-state index contributed by atoms with van der Waals surface area (Å²) in [6, 6.07) is 10.1. The van der Waals surface area contributed by atoms with Gasteiger partial charge in [-0.25, -0.2) is 9.18 Å². The number of halogens is 1. The first-order chi connectivity index (χ1) is 14.0. The largest absolute Gasteiger partial charge is 0.492 e. The van der Waals surface area contributed by atoms with Gasteiger partial charge in [0.05, 0.1) is 18.8 Å². The maximum atomic E-state index is 15.3. The summed E-state index contributed by atoms with van der Waals surface area (Å²) in [6.45, 7) is 2.58. The minimum Gasteiger partial charge on any atom is -0.492 e. The molecule has 0 bridgehead atoms. The van der Waals surface area contributed by atoms with Gasteiger partial charge < -0.3 is 20.3 Å². The van der Waals surface area contributed by atoms with Crippen LogP contribution in [0.15, 0.2) is 48.8 Å². The number of pyridine rings is 1. The van der Waals surface area contributed by atoms with Crippen molar-refractivity contribution in [3.63, 3.8) is 0 Å². The second-order valence-electron chi connectivity index (χ2n) is 6.89. The van der Waals surface area contributed by atoms with Crippen LogP contribution >= 0.6 is 0 Å². The summed E-state index contributed by atoms with van der Waals surface area (Å²) in [6.07, 6.45) is 3.72. The van der Waals surface area contributed by atoms with E-state index in [9.17, 15) is 9.59 Å². The van der Waals surface area contributed by atoms with Gasteiger partial charge in [-0.15, -0.1) is 0 Å². The van der Waals surface area contributed by atoms with Gasteiger partial charge in [0.15, 0.2) is 0 Å². The van der Waals surface area contributed by atoms with Gasteiger partial charge in [0.1, 0.15) is 5.75 Å². The molecule has 1 unspecified atom stereocenters. The van der Waals surface area contributed by atoms with E-state index in [-0.39, 0.29) is 19.5 Å². The number of aromatic nitrogens is 1. The van der Waals surface area contributed by atoms with Crippen molar-refractivity contribution in [2.45, 2.75) is 32.0 Å². The van der Waals surface area contributed by atoms with Gasteiger partial charge in [0.25, 0.3) is 5.91 Å². The Balaban J connectivity index is 1.61. The lowest BCUT2D eigenvalue weighted by atomic mass is 9.93. The van der Waals surface area contributed by atoms with Crippen molar-refractivity contribution in [2.24, 2.45) is 0 Å². The van der Waals surface area contributed by atoms with Crippen LogP contribution in [0.25, 0.3) is 0 Å². The number of carbonyl (C=O) groups excluding carboxylic acids is 2. The molecule has 8 heteroatoms. The van der Waals surface area contributed by atoms with Crippen LogP contribution in [0.2, 0.25) is 0 Å². The van der Waals surface area contributed by atoms with Crippen LogP contribution in [0.5, 0.6) is 5.75 Å². The number of urea groups is 1. The summed E-state index contributed by atoms with van der Waals surface area (Å²) < 4.78 is 20.8. The highest BCUT2D eigenvalue weighted by atomic mass is 19.1. The standard InChI is InChI=1S/C21H25FN4O3/c1-2-29-18-9-4-3-8-17(18)25-20(28)26-12-6-10-21(22,15-26)19(27)24-14-16-7-5-11-23-13-16/h3-5,7-9,11,13H,2,6,10,12,14-15H2,1H3,(H,24,27)(H,25,28). The Kier molecular flexibility index (Phi) is 6.64. The van der Waals surface area contributed by atoms with Crippen molar-refractivity contribution in [1.29, 1.82) is 0 Å². The Morgan fingerprint density at radius 2 is 2.10 bits per heavy atom. The fourth-order valence-electron chi connectivity index (χ4n) is 3.26. The first kappa shape index (κ1) is 20.6. The van der Waals surface area contributed by atoms with Crippen molar-refractivity contribution in [3.05, 3.63) is 54.4 Å². The zero-order valence-corrected chi connectivity index (χ0v) is 16.4. The maximum Gasteiger partial charge on any atom is 0.322 e. The lowest BCUT2D eigenvalue weighted by molar-refractivity contribution is -0.135. The van der Waals surface area contributed by atoms with Gasteiger partial charge in [-0.3, -0.25) is 9.78 Å². The van der Waals surface area contributed by atoms with Crippen molar-refractivity contribution in [1.82, 2.24) is 15.2 Å². The quantitative estimate of drug-likeness (QED) is 0.780. The molecule has 1 aliphatic rings. The number of carbonyl (C=O) groups is 2. The summed E-state index contributed by atoms with van der Waals surface area (Å²) in [7, 11) is 0. The van der Waals surface area contributed by atoms with Gasteiger partial charge in [-0.05, 0) is 43.5 Å². The average molecular weight is 400 g/mol. The van der Waals surface area contributed by atoms with Gasteiger partial charge in [0.2, 0.25) is 5.67 Å². The molecule has 3 rings (SSSR count). The lowest BCUT2D eigenvalue weighted by Gasteiger charge is -2.36. The summed E-state index contributed by atoms with van der Waals surface area (Å²) in [5.74, 6) is -0.172. The molecule has 0 radical (unpaired) electrons. The molecule has 1 aliphatic heterocycles. The average Bonchev–Trinajstić information content (AvgIpc) is 2.74. The molecule has 29 heavy (non-hydrogen) atoms. The van der Waals surface area contributed by atoms with Crippen LogP contribution in [0.1, 0.15) is 25.3 Å². The molecular weight excluding hydrogens is 375 g/mol. The van der Waals surface area contributed by atoms with Gasteiger partial charge >= 0.3 is 6.03 Å². The molecule has 1 saturated heterocycles. The normalized spacial score (nSPS) is 18.8. The van der Waals surface area contributed by atoms with Crippen molar-refractivity contribution in [2.75, 3.05) is 25.0 Å². The van der Waals surface area contributed by atoms with Crippen LogP contribution in [0, 0.1) is 0 Å². The molecule has 1 fully saturated rings. The van der Waals surface area contributed by atoms with Crippen molar-refractivity contribution < 1.29 is 18.7 Å². The fraction of sp³-hybridized carbons (Fsp3) is 0.381. The Hall–Kier alpha value is -3.16. The molecular formula is C21H25FN4O3. The number of para-hydroxylation sites is 2. The molecule has 154 valence electrons. The number of ether oxygens (including phenoxy) is 1. The minimum absolute atomic E-state index is 0.0746. The summed E-state index contributed by atoms with van der Waals surface area (Å²) in [5.41, 5.74) is -0.838. The van der Waals surface area contributed by atoms with E-state index in [1.807, 2.05) is 6.92 Å². The van der Waals surface area contributed by atoms with Crippen molar-refractivity contribution >= 4 is 17.6 Å². The highest BCUT2D eigenvalue weighted by molar-refractivity contribution is 5.92. The van der Waals surface area contributed by atoms with E-state index in [1.165, 1.54) is 4.90 Å². The number of hydrogen-bond acceptors (Lipinski definition) is 4. The highest BCUT2D eigenvalue weighted by Gasteiger charge is 2.43. The van der Waals surface area contributed by atoms with Crippen LogP contribution in [-0.2, 0) is 11.3 Å². The predicted molar refractivity (Wildman–Crippen MR) is 107 cm³/mol. The van der Waals surface area contributed by atoms with Crippen LogP contribution in [0.4, 0.5) is 14.9 Å². The first-order valence-electron chi connectivity index (χ1n) is 9.66. The van der Waals surface area contributed by atoms with Gasteiger partial charge in [-0.1, -0.05) is 18.2 Å². The van der Waals surface area contributed by atoms with E-state index in [0.717, 1.165) is 5.56 Å². The topological polar surface area (TPSA) is 83.6 Å². The Morgan fingerprint density at radius 3 is 2.86 bits per heavy atom. The molecule has 7 nitrogen and oxygen atoms in total. The van der Waals surface area contributed by atoms with Crippen LogP contribution < -0.4 is 15.4 Å². The second kappa shape index (κ2) is 9.36. The number of nitrogens with zero attached hydrogens (tertiary/aromatic N) is 2. The molecule has 1 aromatic carbocycles.